The molecule has 0 N–H and O–H groups in total. The number of ether oxygens (including phenoxy) is 2. The molecular weight excluding hydrogens is 272 g/mol. The number of rotatable bonds is 3. The summed E-state index contributed by atoms with van der Waals surface area (Å²) in [5.41, 5.74) is -0.00181. The van der Waals surface area contributed by atoms with Crippen LogP contribution in [0.2, 0.25) is 0 Å². The van der Waals surface area contributed by atoms with Gasteiger partial charge in [-0.1, -0.05) is 19.3 Å². The lowest BCUT2D eigenvalue weighted by Gasteiger charge is -2.43. The average molecular weight is 294 g/mol. The molecule has 110 valence electrons. The van der Waals surface area contributed by atoms with Crippen LogP contribution >= 0.6 is 11.3 Å². The number of methoxy groups -OCH3 is 1. The van der Waals surface area contributed by atoms with Gasteiger partial charge in [0.05, 0.1) is 17.6 Å². The highest BCUT2D eigenvalue weighted by molar-refractivity contribution is 7.12. The van der Waals surface area contributed by atoms with Crippen LogP contribution in [0.1, 0.15) is 54.6 Å². The van der Waals surface area contributed by atoms with Gasteiger partial charge in [0, 0.05) is 24.0 Å². The van der Waals surface area contributed by atoms with Crippen molar-refractivity contribution in [3.8, 4) is 5.75 Å². The minimum Gasteiger partial charge on any atom is -0.496 e. The number of hydrogen-bond acceptors (Lipinski definition) is 4. The number of hydrogen-bond donors (Lipinski definition) is 0. The van der Waals surface area contributed by atoms with E-state index in [1.807, 2.05) is 11.4 Å². The molecular formula is C16H22O3S. The largest absolute Gasteiger partial charge is 0.496 e. The summed E-state index contributed by atoms with van der Waals surface area (Å²) in [6, 6.07) is 1.87. The zero-order valence-corrected chi connectivity index (χ0v) is 12.8. The predicted molar refractivity (Wildman–Crippen MR) is 79.7 cm³/mol. The third kappa shape index (κ3) is 2.77. The van der Waals surface area contributed by atoms with Gasteiger partial charge in [-0.2, -0.15) is 0 Å². The summed E-state index contributed by atoms with van der Waals surface area (Å²) in [5.74, 6) is 1.20. The Balaban J connectivity index is 1.71. The second-order valence-corrected chi connectivity index (χ2v) is 6.91. The van der Waals surface area contributed by atoms with Crippen LogP contribution in [0.4, 0.5) is 0 Å². The van der Waals surface area contributed by atoms with E-state index in [9.17, 15) is 4.79 Å². The third-order valence-electron chi connectivity index (χ3n) is 4.68. The first kappa shape index (κ1) is 14.1. The molecule has 1 aliphatic heterocycles. The monoisotopic (exact) mass is 294 g/mol. The second-order valence-electron chi connectivity index (χ2n) is 6.00. The van der Waals surface area contributed by atoms with Crippen LogP contribution in [0, 0.1) is 5.92 Å². The quantitative estimate of drug-likeness (QED) is 0.788. The van der Waals surface area contributed by atoms with Crippen LogP contribution in [0.15, 0.2) is 11.4 Å². The normalized spacial score (nSPS) is 25.6. The summed E-state index contributed by atoms with van der Waals surface area (Å²) in [4.78, 5) is 13.5. The van der Waals surface area contributed by atoms with Crippen molar-refractivity contribution < 1.29 is 14.3 Å². The van der Waals surface area contributed by atoms with Gasteiger partial charge in [0.15, 0.2) is 5.78 Å². The average Bonchev–Trinajstić information content (AvgIpc) is 2.96. The number of carbonyl (C=O) groups excluding carboxylic acids is 1. The highest BCUT2D eigenvalue weighted by Crippen LogP contribution is 2.42. The molecule has 3 rings (SSSR count). The molecule has 1 atom stereocenters. The Morgan fingerprint density at radius 1 is 1.40 bits per heavy atom. The molecule has 1 aromatic rings. The van der Waals surface area contributed by atoms with Crippen molar-refractivity contribution in [3.05, 3.63) is 16.3 Å². The molecule has 0 amide bonds. The van der Waals surface area contributed by atoms with E-state index in [1.165, 1.54) is 30.6 Å². The zero-order chi connectivity index (χ0) is 14.0. The highest BCUT2D eigenvalue weighted by atomic mass is 32.1. The Hall–Kier alpha value is -0.870. The van der Waals surface area contributed by atoms with Crippen molar-refractivity contribution >= 4 is 17.1 Å². The van der Waals surface area contributed by atoms with Gasteiger partial charge in [0.25, 0.3) is 0 Å². The molecule has 1 spiro atoms. The Labute approximate surface area is 124 Å². The molecule has 1 saturated carbocycles. The first-order chi connectivity index (χ1) is 9.72. The molecule has 3 nitrogen and oxygen atoms in total. The summed E-state index contributed by atoms with van der Waals surface area (Å²) < 4.78 is 11.3. The minimum absolute atomic E-state index is 0.00181. The van der Waals surface area contributed by atoms with Gasteiger partial charge in [-0.05, 0) is 25.7 Å². The number of Topliss-reactive ketones (excluding diaryl/α,β-unsaturated/α-hetero) is 1. The summed E-state index contributed by atoms with van der Waals surface area (Å²) >= 11 is 1.50. The van der Waals surface area contributed by atoms with Crippen molar-refractivity contribution in [2.45, 2.75) is 50.5 Å². The second kappa shape index (κ2) is 5.86. The van der Waals surface area contributed by atoms with Crippen LogP contribution in [-0.4, -0.2) is 25.1 Å². The van der Waals surface area contributed by atoms with E-state index < -0.39 is 0 Å². The van der Waals surface area contributed by atoms with Crippen molar-refractivity contribution in [1.29, 1.82) is 0 Å². The van der Waals surface area contributed by atoms with E-state index in [4.69, 9.17) is 9.47 Å². The van der Waals surface area contributed by atoms with Crippen molar-refractivity contribution in [1.82, 2.24) is 0 Å². The zero-order valence-electron chi connectivity index (χ0n) is 12.0. The van der Waals surface area contributed by atoms with Gasteiger partial charge in [-0.15, -0.1) is 11.3 Å². The fourth-order valence-electron chi connectivity index (χ4n) is 3.55. The van der Waals surface area contributed by atoms with E-state index in [2.05, 4.69) is 0 Å². The molecule has 20 heavy (non-hydrogen) atoms. The van der Waals surface area contributed by atoms with Crippen LogP contribution in [-0.2, 0) is 4.74 Å². The Morgan fingerprint density at radius 3 is 2.90 bits per heavy atom. The number of ketones is 1. The van der Waals surface area contributed by atoms with Crippen LogP contribution in [0.25, 0.3) is 0 Å². The van der Waals surface area contributed by atoms with Crippen LogP contribution < -0.4 is 4.74 Å². The predicted octanol–water partition coefficient (Wildman–Crippen LogP) is 4.07. The molecule has 4 heteroatoms. The summed E-state index contributed by atoms with van der Waals surface area (Å²) in [6.07, 6.45) is 7.83. The Kier molecular flexibility index (Phi) is 4.13. The standard InChI is InChI=1S/C16H22O3S/c1-18-13-9-14(20-11-13)15(17)12-5-8-19-16(10-12)6-3-2-4-7-16/h9,11-12H,2-8,10H2,1H3. The lowest BCUT2D eigenvalue weighted by atomic mass is 9.75. The fourth-order valence-corrected chi connectivity index (χ4v) is 4.43. The lowest BCUT2D eigenvalue weighted by Crippen LogP contribution is -2.43. The first-order valence-electron chi connectivity index (χ1n) is 7.53. The van der Waals surface area contributed by atoms with Gasteiger partial charge in [0.1, 0.15) is 5.75 Å². The number of thiophene rings is 1. The summed E-state index contributed by atoms with van der Waals surface area (Å²) in [5, 5.41) is 1.91. The van der Waals surface area contributed by atoms with Crippen LogP contribution in [0.3, 0.4) is 0 Å². The Morgan fingerprint density at radius 2 is 2.20 bits per heavy atom. The molecule has 1 aromatic heterocycles. The van der Waals surface area contributed by atoms with Gasteiger partial charge in [-0.3, -0.25) is 4.79 Å². The van der Waals surface area contributed by atoms with Gasteiger partial charge < -0.3 is 9.47 Å². The molecule has 0 bridgehead atoms. The van der Waals surface area contributed by atoms with Crippen molar-refractivity contribution in [2.24, 2.45) is 5.92 Å². The highest BCUT2D eigenvalue weighted by Gasteiger charge is 2.41. The van der Waals surface area contributed by atoms with E-state index in [0.717, 1.165) is 42.9 Å². The molecule has 0 radical (unpaired) electrons. The fraction of sp³-hybridized carbons (Fsp3) is 0.688. The van der Waals surface area contributed by atoms with E-state index >= 15 is 0 Å². The van der Waals surface area contributed by atoms with Crippen LogP contribution in [0.5, 0.6) is 5.75 Å². The van der Waals surface area contributed by atoms with Crippen molar-refractivity contribution in [3.63, 3.8) is 0 Å². The van der Waals surface area contributed by atoms with Crippen molar-refractivity contribution in [2.75, 3.05) is 13.7 Å². The summed E-state index contributed by atoms with van der Waals surface area (Å²) in [6.45, 7) is 0.735. The van der Waals surface area contributed by atoms with E-state index in [-0.39, 0.29) is 17.3 Å². The van der Waals surface area contributed by atoms with Gasteiger partial charge in [-0.25, -0.2) is 0 Å². The molecule has 2 aliphatic rings. The smallest absolute Gasteiger partial charge is 0.176 e. The maximum absolute atomic E-state index is 12.7. The first-order valence-corrected chi connectivity index (χ1v) is 8.41. The molecule has 2 heterocycles. The molecule has 2 fully saturated rings. The Bertz CT molecular complexity index is 468. The molecule has 1 aliphatic carbocycles. The van der Waals surface area contributed by atoms with E-state index in [1.54, 1.807) is 7.11 Å². The SMILES string of the molecule is COc1csc(C(=O)C2CCOC3(CCCCC3)C2)c1. The molecule has 0 aromatic carbocycles. The minimum atomic E-state index is -0.00181. The third-order valence-corrected chi connectivity index (χ3v) is 5.61. The molecule has 1 unspecified atom stereocenters. The van der Waals surface area contributed by atoms with E-state index in [0.29, 0.717) is 0 Å². The topological polar surface area (TPSA) is 35.5 Å². The van der Waals surface area contributed by atoms with Gasteiger partial charge in [0.2, 0.25) is 0 Å². The lowest BCUT2D eigenvalue weighted by molar-refractivity contribution is -0.111. The number of carbonyl (C=O) groups is 1. The van der Waals surface area contributed by atoms with Gasteiger partial charge >= 0.3 is 0 Å². The molecule has 1 saturated heterocycles. The maximum Gasteiger partial charge on any atom is 0.176 e. The maximum atomic E-state index is 12.7. The summed E-state index contributed by atoms with van der Waals surface area (Å²) in [7, 11) is 1.64.